The number of urea groups is 1. The van der Waals surface area contributed by atoms with E-state index in [1.165, 1.54) is 23.1 Å². The summed E-state index contributed by atoms with van der Waals surface area (Å²) in [6.45, 7) is 8.35. The van der Waals surface area contributed by atoms with Gasteiger partial charge in [0.15, 0.2) is 4.34 Å². The van der Waals surface area contributed by atoms with Crippen molar-refractivity contribution in [1.29, 1.82) is 0 Å². The van der Waals surface area contributed by atoms with Crippen LogP contribution in [0.25, 0.3) is 0 Å². The first kappa shape index (κ1) is 17.7. The Labute approximate surface area is 132 Å². The van der Waals surface area contributed by atoms with Gasteiger partial charge in [0.25, 0.3) is 0 Å². The molecule has 0 fully saturated rings. The molecule has 0 bridgehead atoms. The van der Waals surface area contributed by atoms with Crippen molar-refractivity contribution in [2.75, 3.05) is 17.6 Å². The van der Waals surface area contributed by atoms with Gasteiger partial charge in [0.05, 0.1) is 5.75 Å². The summed E-state index contributed by atoms with van der Waals surface area (Å²) in [5, 5.41) is 16.4. The molecule has 0 aliphatic heterocycles. The molecule has 0 aliphatic rings. The number of amides is 3. The Kier molecular flexibility index (Phi) is 6.90. The van der Waals surface area contributed by atoms with Gasteiger partial charge < -0.3 is 10.6 Å². The second-order valence-corrected chi connectivity index (χ2v) is 7.54. The molecule has 118 valence electrons. The summed E-state index contributed by atoms with van der Waals surface area (Å²) in [5.74, 6) is 0.264. The third-order valence-corrected chi connectivity index (χ3v) is 3.99. The average Bonchev–Trinajstić information content (AvgIpc) is 2.79. The van der Waals surface area contributed by atoms with Crippen LogP contribution in [0, 0.1) is 0 Å². The minimum Gasteiger partial charge on any atom is -0.355 e. The highest BCUT2D eigenvalue weighted by Crippen LogP contribution is 2.25. The van der Waals surface area contributed by atoms with E-state index in [2.05, 4.69) is 26.1 Å². The number of hydrogen-bond donors (Lipinski definition) is 3. The van der Waals surface area contributed by atoms with Crippen molar-refractivity contribution in [2.45, 2.75) is 44.0 Å². The van der Waals surface area contributed by atoms with Gasteiger partial charge in [0, 0.05) is 12.1 Å². The highest BCUT2D eigenvalue weighted by Gasteiger charge is 2.15. The first-order chi connectivity index (χ1) is 9.80. The molecular weight excluding hydrogens is 310 g/mol. The molecule has 0 spiro atoms. The van der Waals surface area contributed by atoms with Crippen LogP contribution in [-0.2, 0) is 4.79 Å². The molecule has 1 rings (SSSR count). The fraction of sp³-hybridized carbons (Fsp3) is 0.667. The first-order valence-corrected chi connectivity index (χ1v) is 8.42. The highest BCUT2D eigenvalue weighted by molar-refractivity contribution is 8.01. The monoisotopic (exact) mass is 331 g/mol. The lowest BCUT2D eigenvalue weighted by Crippen LogP contribution is -2.43. The van der Waals surface area contributed by atoms with Gasteiger partial charge in [-0.1, -0.05) is 30.0 Å². The molecular formula is C12H21N5O2S2. The predicted molar refractivity (Wildman–Crippen MR) is 85.8 cm³/mol. The normalized spacial score (nSPS) is 11.0. The molecule has 3 N–H and O–H groups in total. The van der Waals surface area contributed by atoms with Crippen molar-refractivity contribution in [3.05, 3.63) is 0 Å². The smallest absolute Gasteiger partial charge is 0.321 e. The van der Waals surface area contributed by atoms with E-state index in [0.717, 1.165) is 6.42 Å². The maximum absolute atomic E-state index is 11.7. The lowest BCUT2D eigenvalue weighted by Gasteiger charge is -2.19. The topological polar surface area (TPSA) is 96.0 Å². The number of carbonyl (C=O) groups is 2. The maximum Gasteiger partial charge on any atom is 0.321 e. The van der Waals surface area contributed by atoms with Gasteiger partial charge in [-0.2, -0.15) is 0 Å². The Balaban J connectivity index is 2.39. The van der Waals surface area contributed by atoms with E-state index < -0.39 is 0 Å². The number of carbonyl (C=O) groups excluding carboxylic acids is 2. The van der Waals surface area contributed by atoms with Crippen molar-refractivity contribution in [3.8, 4) is 0 Å². The van der Waals surface area contributed by atoms with Gasteiger partial charge in [-0.3, -0.25) is 10.1 Å². The zero-order valence-electron chi connectivity index (χ0n) is 12.6. The van der Waals surface area contributed by atoms with Crippen LogP contribution in [0.3, 0.4) is 0 Å². The van der Waals surface area contributed by atoms with E-state index in [1.54, 1.807) is 0 Å². The largest absolute Gasteiger partial charge is 0.355 e. The second kappa shape index (κ2) is 8.18. The minimum absolute atomic E-state index is 0.0305. The Morgan fingerprint density at radius 1 is 1.29 bits per heavy atom. The van der Waals surface area contributed by atoms with Crippen molar-refractivity contribution in [1.82, 2.24) is 20.8 Å². The van der Waals surface area contributed by atoms with Crippen molar-refractivity contribution in [3.63, 3.8) is 0 Å². The Morgan fingerprint density at radius 2 is 2.00 bits per heavy atom. The van der Waals surface area contributed by atoms with Gasteiger partial charge in [0.1, 0.15) is 0 Å². The third-order valence-electron chi connectivity index (χ3n) is 2.01. The molecule has 1 heterocycles. The Bertz CT molecular complexity index is 484. The second-order valence-electron chi connectivity index (χ2n) is 5.34. The van der Waals surface area contributed by atoms with E-state index in [-0.39, 0.29) is 17.5 Å². The molecule has 0 saturated carbocycles. The molecule has 0 radical (unpaired) electrons. The number of thioether (sulfide) groups is 1. The van der Waals surface area contributed by atoms with Gasteiger partial charge in [0.2, 0.25) is 11.0 Å². The summed E-state index contributed by atoms with van der Waals surface area (Å²) in [7, 11) is 0. The van der Waals surface area contributed by atoms with Gasteiger partial charge in [-0.15, -0.1) is 10.2 Å². The van der Waals surface area contributed by atoms with Crippen LogP contribution in [0.4, 0.5) is 9.93 Å². The average molecular weight is 331 g/mol. The SMILES string of the molecule is CCCNC(=O)CSc1nnc(NC(=O)NC(C)(C)C)s1. The first-order valence-electron chi connectivity index (χ1n) is 6.62. The summed E-state index contributed by atoms with van der Waals surface area (Å²) in [6, 6.07) is -0.323. The van der Waals surface area contributed by atoms with E-state index in [1.807, 2.05) is 27.7 Å². The fourth-order valence-electron chi connectivity index (χ4n) is 1.23. The molecule has 7 nitrogen and oxygen atoms in total. The predicted octanol–water partition coefficient (Wildman–Crippen LogP) is 2.08. The molecule has 0 saturated heterocycles. The van der Waals surface area contributed by atoms with E-state index in [9.17, 15) is 9.59 Å². The third kappa shape index (κ3) is 7.86. The lowest BCUT2D eigenvalue weighted by atomic mass is 10.1. The number of rotatable bonds is 6. The summed E-state index contributed by atoms with van der Waals surface area (Å²) in [4.78, 5) is 23.1. The highest BCUT2D eigenvalue weighted by atomic mass is 32.2. The van der Waals surface area contributed by atoms with Crippen LogP contribution in [0.1, 0.15) is 34.1 Å². The van der Waals surface area contributed by atoms with E-state index >= 15 is 0 Å². The number of anilines is 1. The van der Waals surface area contributed by atoms with Crippen LogP contribution in [-0.4, -0.2) is 40.0 Å². The van der Waals surface area contributed by atoms with Crippen LogP contribution in [0.2, 0.25) is 0 Å². The van der Waals surface area contributed by atoms with Crippen molar-refractivity contribution >= 4 is 40.2 Å². The molecule has 21 heavy (non-hydrogen) atoms. The van der Waals surface area contributed by atoms with Crippen molar-refractivity contribution < 1.29 is 9.59 Å². The zero-order chi connectivity index (χ0) is 15.9. The Hall–Kier alpha value is -1.35. The van der Waals surface area contributed by atoms with Crippen LogP contribution in [0.5, 0.6) is 0 Å². The van der Waals surface area contributed by atoms with Gasteiger partial charge in [-0.25, -0.2) is 4.79 Å². The molecule has 0 atom stereocenters. The van der Waals surface area contributed by atoms with E-state index in [4.69, 9.17) is 0 Å². The number of nitrogens with zero attached hydrogens (tertiary/aromatic N) is 2. The summed E-state index contributed by atoms with van der Waals surface area (Å²) in [6.07, 6.45) is 0.909. The van der Waals surface area contributed by atoms with Crippen molar-refractivity contribution in [2.24, 2.45) is 0 Å². The quantitative estimate of drug-likeness (QED) is 0.548. The van der Waals surface area contributed by atoms with Crippen LogP contribution < -0.4 is 16.0 Å². The number of aromatic nitrogens is 2. The lowest BCUT2D eigenvalue weighted by molar-refractivity contribution is -0.118. The molecule has 3 amide bonds. The standard InChI is InChI=1S/C12H21N5O2S2/c1-5-6-13-8(18)7-20-11-17-16-10(21-11)14-9(19)15-12(2,3)4/h5-7H2,1-4H3,(H,13,18)(H2,14,15,16,19). The minimum atomic E-state index is -0.323. The molecule has 0 aromatic carbocycles. The van der Waals surface area contributed by atoms with E-state index in [0.29, 0.717) is 21.8 Å². The molecule has 0 aliphatic carbocycles. The molecule has 1 aromatic rings. The zero-order valence-corrected chi connectivity index (χ0v) is 14.3. The summed E-state index contributed by atoms with van der Waals surface area (Å²) < 4.78 is 0.646. The molecule has 1 aromatic heterocycles. The molecule has 0 unspecified atom stereocenters. The fourth-order valence-corrected chi connectivity index (χ4v) is 2.81. The van der Waals surface area contributed by atoms with Crippen LogP contribution >= 0.6 is 23.1 Å². The maximum atomic E-state index is 11.7. The molecule has 9 heteroatoms. The number of hydrogen-bond acceptors (Lipinski definition) is 6. The Morgan fingerprint density at radius 3 is 2.62 bits per heavy atom. The summed E-state index contributed by atoms with van der Waals surface area (Å²) >= 11 is 2.54. The number of nitrogens with one attached hydrogen (secondary N) is 3. The van der Waals surface area contributed by atoms with Gasteiger partial charge >= 0.3 is 6.03 Å². The van der Waals surface area contributed by atoms with Gasteiger partial charge in [-0.05, 0) is 27.2 Å². The van der Waals surface area contributed by atoms with Crippen LogP contribution in [0.15, 0.2) is 4.34 Å². The summed E-state index contributed by atoms with van der Waals surface area (Å²) in [5.41, 5.74) is -0.316.